The van der Waals surface area contributed by atoms with Gasteiger partial charge >= 0.3 is 6.18 Å². The van der Waals surface area contributed by atoms with Crippen molar-refractivity contribution in [2.75, 3.05) is 5.32 Å². The summed E-state index contributed by atoms with van der Waals surface area (Å²) in [5.41, 5.74) is -0.728. The molecule has 6 nitrogen and oxygen atoms in total. The predicted molar refractivity (Wildman–Crippen MR) is 78.6 cm³/mol. The molecule has 0 saturated carbocycles. The van der Waals surface area contributed by atoms with Gasteiger partial charge in [-0.3, -0.25) is 9.36 Å². The maximum Gasteiger partial charge on any atom is 0.416 e. The first-order chi connectivity index (χ1) is 11.4. The number of benzene rings is 1. The minimum atomic E-state index is -4.44. The van der Waals surface area contributed by atoms with Gasteiger partial charge in [0.05, 0.1) is 5.56 Å². The molecule has 3 aromatic rings. The third-order valence-corrected chi connectivity index (χ3v) is 3.14. The van der Waals surface area contributed by atoms with Gasteiger partial charge in [0.2, 0.25) is 0 Å². The summed E-state index contributed by atoms with van der Waals surface area (Å²) in [5.74, 6) is 0.142. The fourth-order valence-corrected chi connectivity index (χ4v) is 1.95. The molecule has 0 unspecified atom stereocenters. The quantitative estimate of drug-likeness (QED) is 0.800. The highest BCUT2D eigenvalue weighted by Gasteiger charge is 2.30. The highest BCUT2D eigenvalue weighted by Crippen LogP contribution is 2.29. The van der Waals surface area contributed by atoms with Crippen molar-refractivity contribution in [3.8, 4) is 5.82 Å². The minimum absolute atomic E-state index is 0.0887. The van der Waals surface area contributed by atoms with E-state index in [9.17, 15) is 18.0 Å². The normalized spacial score (nSPS) is 11.3. The molecule has 0 atom stereocenters. The summed E-state index contributed by atoms with van der Waals surface area (Å²) in [4.78, 5) is 23.9. The Labute approximate surface area is 134 Å². The SMILES string of the molecule is O=C(Nc1cc(-n2ccnc2)ncn1)c1ccc(C(F)(F)F)cc1. The van der Waals surface area contributed by atoms with Crippen LogP contribution in [0.2, 0.25) is 0 Å². The summed E-state index contributed by atoms with van der Waals surface area (Å²) in [7, 11) is 0. The Bertz CT molecular complexity index is 844. The Morgan fingerprint density at radius 1 is 1.12 bits per heavy atom. The summed E-state index contributed by atoms with van der Waals surface area (Å²) in [6.07, 6.45) is 1.59. The number of carbonyl (C=O) groups is 1. The van der Waals surface area contributed by atoms with E-state index in [-0.39, 0.29) is 11.4 Å². The number of nitrogens with zero attached hydrogens (tertiary/aromatic N) is 4. The number of nitrogens with one attached hydrogen (secondary N) is 1. The molecule has 1 N–H and O–H groups in total. The van der Waals surface area contributed by atoms with Crippen LogP contribution in [0.25, 0.3) is 5.82 Å². The van der Waals surface area contributed by atoms with Crippen LogP contribution in [0, 0.1) is 0 Å². The van der Waals surface area contributed by atoms with Gasteiger partial charge < -0.3 is 5.32 Å². The Morgan fingerprint density at radius 3 is 2.50 bits per heavy atom. The summed E-state index contributed by atoms with van der Waals surface area (Å²) in [6.45, 7) is 0. The maximum atomic E-state index is 12.5. The lowest BCUT2D eigenvalue weighted by Crippen LogP contribution is -2.14. The molecule has 0 aliphatic rings. The van der Waals surface area contributed by atoms with E-state index in [1.807, 2.05) is 0 Å². The molecule has 0 fully saturated rings. The van der Waals surface area contributed by atoms with Gasteiger partial charge in [0, 0.05) is 24.0 Å². The molecule has 0 aliphatic heterocycles. The lowest BCUT2D eigenvalue weighted by molar-refractivity contribution is -0.137. The zero-order valence-corrected chi connectivity index (χ0v) is 12.0. The fourth-order valence-electron chi connectivity index (χ4n) is 1.95. The zero-order valence-electron chi connectivity index (χ0n) is 12.0. The molecule has 2 heterocycles. The van der Waals surface area contributed by atoms with E-state index in [0.29, 0.717) is 5.82 Å². The molecule has 0 spiro atoms. The van der Waals surface area contributed by atoms with Crippen molar-refractivity contribution in [1.82, 2.24) is 19.5 Å². The smallest absolute Gasteiger partial charge is 0.306 e. The second-order valence-electron chi connectivity index (χ2n) is 4.76. The van der Waals surface area contributed by atoms with Crippen molar-refractivity contribution in [3.63, 3.8) is 0 Å². The largest absolute Gasteiger partial charge is 0.416 e. The third-order valence-electron chi connectivity index (χ3n) is 3.14. The first-order valence-corrected chi connectivity index (χ1v) is 6.72. The van der Waals surface area contributed by atoms with Gasteiger partial charge in [-0.1, -0.05) is 0 Å². The number of imidazole rings is 1. The standard InChI is InChI=1S/C15H10F3N5O/c16-15(17,18)11-3-1-10(2-4-11)14(24)22-12-7-13(21-8-20-12)23-6-5-19-9-23/h1-9H,(H,20,21,22,24). The van der Waals surface area contributed by atoms with Crippen molar-refractivity contribution in [2.24, 2.45) is 0 Å². The molecule has 0 saturated heterocycles. The van der Waals surface area contributed by atoms with E-state index in [0.717, 1.165) is 24.3 Å². The number of rotatable bonds is 3. The van der Waals surface area contributed by atoms with E-state index >= 15 is 0 Å². The summed E-state index contributed by atoms with van der Waals surface area (Å²) in [6, 6.07) is 5.44. The third kappa shape index (κ3) is 3.40. The topological polar surface area (TPSA) is 72.7 Å². The Balaban J connectivity index is 1.76. The molecule has 24 heavy (non-hydrogen) atoms. The first-order valence-electron chi connectivity index (χ1n) is 6.72. The number of alkyl halides is 3. The van der Waals surface area contributed by atoms with Gasteiger partial charge in [-0.05, 0) is 24.3 Å². The maximum absolute atomic E-state index is 12.5. The lowest BCUT2D eigenvalue weighted by Gasteiger charge is -2.08. The zero-order chi connectivity index (χ0) is 17.2. The van der Waals surface area contributed by atoms with Crippen LogP contribution in [0.1, 0.15) is 15.9 Å². The molecule has 122 valence electrons. The molecule has 0 aliphatic carbocycles. The number of hydrogen-bond acceptors (Lipinski definition) is 4. The van der Waals surface area contributed by atoms with E-state index in [1.165, 1.54) is 18.7 Å². The van der Waals surface area contributed by atoms with Gasteiger partial charge in [0.25, 0.3) is 5.91 Å². The van der Waals surface area contributed by atoms with Crippen LogP contribution in [0.15, 0.2) is 55.4 Å². The van der Waals surface area contributed by atoms with Crippen molar-refractivity contribution < 1.29 is 18.0 Å². The van der Waals surface area contributed by atoms with Gasteiger partial charge in [-0.15, -0.1) is 0 Å². The van der Waals surface area contributed by atoms with Crippen LogP contribution in [0.4, 0.5) is 19.0 Å². The molecule has 3 rings (SSSR count). The van der Waals surface area contributed by atoms with Crippen LogP contribution < -0.4 is 5.32 Å². The summed E-state index contributed by atoms with van der Waals surface area (Å²) >= 11 is 0. The average Bonchev–Trinajstić information content (AvgIpc) is 3.09. The second kappa shape index (κ2) is 6.11. The molecule has 0 bridgehead atoms. The number of hydrogen-bond donors (Lipinski definition) is 1. The predicted octanol–water partition coefficient (Wildman–Crippen LogP) is 2.93. The van der Waals surface area contributed by atoms with E-state index in [2.05, 4.69) is 20.3 Å². The average molecular weight is 333 g/mol. The van der Waals surface area contributed by atoms with Crippen molar-refractivity contribution in [3.05, 3.63) is 66.5 Å². The number of amides is 1. The van der Waals surface area contributed by atoms with Crippen LogP contribution in [0.3, 0.4) is 0 Å². The first kappa shape index (κ1) is 15.7. The highest BCUT2D eigenvalue weighted by atomic mass is 19.4. The minimum Gasteiger partial charge on any atom is -0.306 e. The fraction of sp³-hybridized carbons (Fsp3) is 0.0667. The Morgan fingerprint density at radius 2 is 1.88 bits per heavy atom. The molecule has 0 radical (unpaired) electrons. The van der Waals surface area contributed by atoms with Gasteiger partial charge in [0.15, 0.2) is 0 Å². The van der Waals surface area contributed by atoms with Crippen molar-refractivity contribution in [1.29, 1.82) is 0 Å². The van der Waals surface area contributed by atoms with Crippen LogP contribution in [-0.4, -0.2) is 25.4 Å². The van der Waals surface area contributed by atoms with Gasteiger partial charge in [0.1, 0.15) is 24.3 Å². The summed E-state index contributed by atoms with van der Waals surface area (Å²) in [5, 5.41) is 2.51. The second-order valence-corrected chi connectivity index (χ2v) is 4.76. The number of halogens is 3. The van der Waals surface area contributed by atoms with Crippen molar-refractivity contribution in [2.45, 2.75) is 6.18 Å². The molecular formula is C15H10F3N5O. The number of anilines is 1. The van der Waals surface area contributed by atoms with Gasteiger partial charge in [-0.2, -0.15) is 13.2 Å². The number of aromatic nitrogens is 4. The van der Waals surface area contributed by atoms with Gasteiger partial charge in [-0.25, -0.2) is 15.0 Å². The Kier molecular flexibility index (Phi) is 3.98. The van der Waals surface area contributed by atoms with Crippen LogP contribution >= 0.6 is 0 Å². The highest BCUT2D eigenvalue weighted by molar-refractivity contribution is 6.03. The van der Waals surface area contributed by atoms with Crippen LogP contribution in [-0.2, 0) is 6.18 Å². The molecule has 2 aromatic heterocycles. The Hall–Kier alpha value is -3.23. The summed E-state index contributed by atoms with van der Waals surface area (Å²) < 4.78 is 39.2. The van der Waals surface area contributed by atoms with Crippen LogP contribution in [0.5, 0.6) is 0 Å². The van der Waals surface area contributed by atoms with E-state index in [1.54, 1.807) is 17.0 Å². The molecule has 9 heteroatoms. The monoisotopic (exact) mass is 333 g/mol. The molecular weight excluding hydrogens is 323 g/mol. The van der Waals surface area contributed by atoms with E-state index < -0.39 is 17.6 Å². The van der Waals surface area contributed by atoms with Crippen molar-refractivity contribution >= 4 is 11.7 Å². The number of carbonyl (C=O) groups excluding carboxylic acids is 1. The molecule has 1 amide bonds. The lowest BCUT2D eigenvalue weighted by atomic mass is 10.1. The van der Waals surface area contributed by atoms with E-state index in [4.69, 9.17) is 0 Å². The molecule has 1 aromatic carbocycles.